The van der Waals surface area contributed by atoms with Crippen LogP contribution in [0.2, 0.25) is 0 Å². The standard InChI is InChI=1S/C13H18N2O5S/c1-8-4-5-11(15-10(3)16)6-12(8)21(19,20)14-7-9(2)13(17)18/h4-6,9,14H,7H2,1-3H3,(H,15,16)(H,17,18). The molecule has 0 bridgehead atoms. The highest BCUT2D eigenvalue weighted by molar-refractivity contribution is 7.89. The van der Waals surface area contributed by atoms with Gasteiger partial charge in [0.05, 0.1) is 10.8 Å². The first-order chi connectivity index (χ1) is 9.63. The van der Waals surface area contributed by atoms with Gasteiger partial charge >= 0.3 is 5.97 Å². The summed E-state index contributed by atoms with van der Waals surface area (Å²) in [6.45, 7) is 4.14. The van der Waals surface area contributed by atoms with Crippen molar-refractivity contribution in [3.63, 3.8) is 0 Å². The third-order valence-corrected chi connectivity index (χ3v) is 4.36. The number of benzene rings is 1. The lowest BCUT2D eigenvalue weighted by molar-refractivity contribution is -0.140. The number of aliphatic carboxylic acids is 1. The molecule has 116 valence electrons. The number of carboxylic acids is 1. The largest absolute Gasteiger partial charge is 0.481 e. The van der Waals surface area contributed by atoms with Gasteiger partial charge < -0.3 is 10.4 Å². The molecule has 1 atom stereocenters. The molecule has 3 N–H and O–H groups in total. The molecule has 0 aliphatic carbocycles. The highest BCUT2D eigenvalue weighted by Crippen LogP contribution is 2.20. The molecule has 21 heavy (non-hydrogen) atoms. The lowest BCUT2D eigenvalue weighted by Gasteiger charge is -2.12. The number of aryl methyl sites for hydroxylation is 1. The molecule has 1 aromatic carbocycles. The average molecular weight is 314 g/mol. The molecular weight excluding hydrogens is 296 g/mol. The van der Waals surface area contributed by atoms with E-state index in [1.54, 1.807) is 19.1 Å². The monoisotopic (exact) mass is 314 g/mol. The van der Waals surface area contributed by atoms with Gasteiger partial charge in [0.25, 0.3) is 0 Å². The molecule has 0 saturated heterocycles. The van der Waals surface area contributed by atoms with Crippen LogP contribution in [0, 0.1) is 12.8 Å². The second-order valence-electron chi connectivity index (χ2n) is 4.75. The second kappa shape index (κ2) is 6.68. The zero-order valence-electron chi connectivity index (χ0n) is 12.0. The Morgan fingerprint density at radius 3 is 2.48 bits per heavy atom. The minimum absolute atomic E-state index is 0.00587. The van der Waals surface area contributed by atoms with Crippen molar-refractivity contribution in [2.24, 2.45) is 5.92 Å². The molecule has 0 aliphatic rings. The van der Waals surface area contributed by atoms with E-state index in [2.05, 4.69) is 10.0 Å². The second-order valence-corrected chi connectivity index (χ2v) is 6.49. The first kappa shape index (κ1) is 17.1. The van der Waals surface area contributed by atoms with Crippen LogP contribution in [-0.2, 0) is 19.6 Å². The first-order valence-corrected chi connectivity index (χ1v) is 7.72. The molecule has 0 radical (unpaired) electrons. The molecule has 7 nitrogen and oxygen atoms in total. The molecular formula is C13H18N2O5S. The van der Waals surface area contributed by atoms with Crippen molar-refractivity contribution in [2.75, 3.05) is 11.9 Å². The first-order valence-electron chi connectivity index (χ1n) is 6.24. The van der Waals surface area contributed by atoms with E-state index in [-0.39, 0.29) is 17.3 Å². The number of rotatable bonds is 6. The number of hydrogen-bond acceptors (Lipinski definition) is 4. The summed E-state index contributed by atoms with van der Waals surface area (Å²) >= 11 is 0. The quantitative estimate of drug-likeness (QED) is 0.723. The maximum Gasteiger partial charge on any atom is 0.307 e. The van der Waals surface area contributed by atoms with Crippen LogP contribution in [0.15, 0.2) is 23.1 Å². The van der Waals surface area contributed by atoms with Crippen LogP contribution in [0.1, 0.15) is 19.4 Å². The normalized spacial score (nSPS) is 12.7. The predicted octanol–water partition coefficient (Wildman–Crippen LogP) is 0.952. The van der Waals surface area contributed by atoms with Crippen LogP contribution in [-0.4, -0.2) is 31.9 Å². The van der Waals surface area contributed by atoms with E-state index in [1.165, 1.54) is 19.9 Å². The Bertz CT molecular complexity index is 655. The number of hydrogen-bond donors (Lipinski definition) is 3. The molecule has 1 amide bonds. The van der Waals surface area contributed by atoms with Gasteiger partial charge in [-0.25, -0.2) is 13.1 Å². The predicted molar refractivity (Wildman–Crippen MR) is 77.5 cm³/mol. The summed E-state index contributed by atoms with van der Waals surface area (Å²) < 4.78 is 26.7. The lowest BCUT2D eigenvalue weighted by Crippen LogP contribution is -2.32. The minimum atomic E-state index is -3.84. The van der Waals surface area contributed by atoms with Crippen molar-refractivity contribution in [3.05, 3.63) is 23.8 Å². The molecule has 0 spiro atoms. The molecule has 0 aromatic heterocycles. The van der Waals surface area contributed by atoms with Crippen molar-refractivity contribution in [1.29, 1.82) is 0 Å². The van der Waals surface area contributed by atoms with Crippen molar-refractivity contribution in [2.45, 2.75) is 25.7 Å². The average Bonchev–Trinajstić information content (AvgIpc) is 2.37. The molecule has 1 rings (SSSR count). The van der Waals surface area contributed by atoms with Gasteiger partial charge in [-0.2, -0.15) is 0 Å². The van der Waals surface area contributed by atoms with Crippen LogP contribution in [0.4, 0.5) is 5.69 Å². The highest BCUT2D eigenvalue weighted by atomic mass is 32.2. The van der Waals surface area contributed by atoms with Gasteiger partial charge in [0.1, 0.15) is 0 Å². The Kier molecular flexibility index (Phi) is 5.45. The van der Waals surface area contributed by atoms with E-state index < -0.39 is 21.9 Å². The fraction of sp³-hybridized carbons (Fsp3) is 0.385. The lowest BCUT2D eigenvalue weighted by atomic mass is 10.2. The Balaban J connectivity index is 3.01. The number of carbonyl (C=O) groups excluding carboxylic acids is 1. The van der Waals surface area contributed by atoms with Gasteiger partial charge in [-0.05, 0) is 24.6 Å². The van der Waals surface area contributed by atoms with Crippen LogP contribution in [0.3, 0.4) is 0 Å². The third-order valence-electron chi connectivity index (χ3n) is 2.80. The molecule has 0 saturated carbocycles. The molecule has 1 unspecified atom stereocenters. The van der Waals surface area contributed by atoms with Crippen molar-refractivity contribution in [1.82, 2.24) is 4.72 Å². The summed E-state index contributed by atoms with van der Waals surface area (Å²) in [5, 5.41) is 11.3. The van der Waals surface area contributed by atoms with E-state index in [1.807, 2.05) is 0 Å². The van der Waals surface area contributed by atoms with Crippen molar-refractivity contribution >= 4 is 27.6 Å². The Morgan fingerprint density at radius 1 is 1.33 bits per heavy atom. The fourth-order valence-corrected chi connectivity index (χ4v) is 2.97. The van der Waals surface area contributed by atoms with Gasteiger partial charge in [-0.1, -0.05) is 13.0 Å². The Morgan fingerprint density at radius 2 is 1.95 bits per heavy atom. The van der Waals surface area contributed by atoms with E-state index >= 15 is 0 Å². The number of amides is 1. The third kappa shape index (κ3) is 4.83. The van der Waals surface area contributed by atoms with E-state index in [4.69, 9.17) is 5.11 Å². The van der Waals surface area contributed by atoms with Gasteiger partial charge in [-0.3, -0.25) is 9.59 Å². The molecule has 0 aliphatic heterocycles. The summed E-state index contributed by atoms with van der Waals surface area (Å²) in [4.78, 5) is 21.7. The summed E-state index contributed by atoms with van der Waals surface area (Å²) in [6, 6.07) is 4.50. The molecule has 8 heteroatoms. The van der Waals surface area contributed by atoms with Gasteiger partial charge in [0.15, 0.2) is 0 Å². The Hall–Kier alpha value is -1.93. The van der Waals surface area contributed by atoms with Crippen LogP contribution in [0.5, 0.6) is 0 Å². The van der Waals surface area contributed by atoms with Crippen LogP contribution in [0.25, 0.3) is 0 Å². The minimum Gasteiger partial charge on any atom is -0.481 e. The smallest absolute Gasteiger partial charge is 0.307 e. The molecule has 0 fully saturated rings. The molecule has 1 aromatic rings. The number of carbonyl (C=O) groups is 2. The van der Waals surface area contributed by atoms with Crippen molar-refractivity contribution in [3.8, 4) is 0 Å². The zero-order valence-corrected chi connectivity index (χ0v) is 12.8. The summed E-state index contributed by atoms with van der Waals surface area (Å²) in [5.41, 5.74) is 0.860. The van der Waals surface area contributed by atoms with Gasteiger partial charge in [-0.15, -0.1) is 0 Å². The SMILES string of the molecule is CC(=O)Nc1ccc(C)c(S(=O)(=O)NCC(C)C(=O)O)c1. The van der Waals surface area contributed by atoms with Gasteiger partial charge in [0.2, 0.25) is 15.9 Å². The van der Waals surface area contributed by atoms with E-state index in [0.29, 0.717) is 11.3 Å². The maximum atomic E-state index is 12.2. The Labute approximate surface area is 123 Å². The highest BCUT2D eigenvalue weighted by Gasteiger charge is 2.20. The van der Waals surface area contributed by atoms with E-state index in [0.717, 1.165) is 0 Å². The van der Waals surface area contributed by atoms with Crippen LogP contribution >= 0.6 is 0 Å². The van der Waals surface area contributed by atoms with Crippen molar-refractivity contribution < 1.29 is 23.1 Å². The number of sulfonamides is 1. The number of nitrogens with one attached hydrogen (secondary N) is 2. The number of carboxylic acid groups (broad SMARTS) is 1. The summed E-state index contributed by atoms with van der Waals surface area (Å²) in [7, 11) is -3.84. The summed E-state index contributed by atoms with van der Waals surface area (Å²) in [6.07, 6.45) is 0. The summed E-state index contributed by atoms with van der Waals surface area (Å²) in [5.74, 6) is -2.23. The van der Waals surface area contributed by atoms with Crippen LogP contribution < -0.4 is 10.0 Å². The zero-order chi connectivity index (χ0) is 16.2. The maximum absolute atomic E-state index is 12.2. The molecule has 0 heterocycles. The topological polar surface area (TPSA) is 113 Å². The van der Waals surface area contributed by atoms with E-state index in [9.17, 15) is 18.0 Å². The van der Waals surface area contributed by atoms with Gasteiger partial charge in [0, 0.05) is 19.2 Å². The number of anilines is 1. The fourth-order valence-electron chi connectivity index (χ4n) is 1.57.